The number of ether oxygens (including phenoxy) is 1. The van der Waals surface area contributed by atoms with E-state index in [1.54, 1.807) is 7.11 Å². The molecule has 0 bridgehead atoms. The number of benzene rings is 1. The zero-order chi connectivity index (χ0) is 12.7. The van der Waals surface area contributed by atoms with Crippen molar-refractivity contribution in [3.05, 3.63) is 29.6 Å². The van der Waals surface area contributed by atoms with Crippen LogP contribution in [0.4, 0.5) is 5.69 Å². The number of hydrogen-bond donors (Lipinski definition) is 1. The summed E-state index contributed by atoms with van der Waals surface area (Å²) in [6, 6.07) is 4.08. The van der Waals surface area contributed by atoms with Gasteiger partial charge in [0, 0.05) is 18.3 Å². The van der Waals surface area contributed by atoms with Gasteiger partial charge >= 0.3 is 0 Å². The van der Waals surface area contributed by atoms with E-state index in [2.05, 4.69) is 11.2 Å². The molecule has 1 aliphatic carbocycles. The van der Waals surface area contributed by atoms with Gasteiger partial charge in [0.05, 0.1) is 19.0 Å². The first-order valence-electron chi connectivity index (χ1n) is 6.18. The number of rotatable bonds is 1. The van der Waals surface area contributed by atoms with E-state index in [0.717, 1.165) is 25.0 Å². The van der Waals surface area contributed by atoms with Crippen LogP contribution in [0.5, 0.6) is 5.75 Å². The number of fused-ring (bicyclic) bond motifs is 3. The molecule has 2 N–H and O–H groups in total. The fraction of sp³-hybridized carbons (Fsp3) is 0.357. The average Bonchev–Trinajstić information content (AvgIpc) is 2.63. The van der Waals surface area contributed by atoms with E-state index in [4.69, 9.17) is 10.5 Å². The van der Waals surface area contributed by atoms with Crippen LogP contribution in [0.15, 0.2) is 18.3 Å². The summed E-state index contributed by atoms with van der Waals surface area (Å²) in [7, 11) is 3.65. The standard InChI is InChI=1S/C14H17N3O/c1-17-13-5-3-4-9-6-14(18-2)12(15)7-10(9)11(13)8-16-17/h6-8H,3-5,15H2,1-2H3. The van der Waals surface area contributed by atoms with Gasteiger partial charge in [0.1, 0.15) is 5.75 Å². The minimum atomic E-state index is 0.688. The Morgan fingerprint density at radius 2 is 2.11 bits per heavy atom. The predicted molar refractivity (Wildman–Crippen MR) is 71.6 cm³/mol. The fourth-order valence-corrected chi connectivity index (χ4v) is 2.70. The van der Waals surface area contributed by atoms with E-state index in [1.807, 2.05) is 24.0 Å². The van der Waals surface area contributed by atoms with E-state index in [0.29, 0.717) is 5.69 Å². The third-order valence-electron chi connectivity index (χ3n) is 3.67. The minimum Gasteiger partial charge on any atom is -0.495 e. The molecular formula is C14H17N3O. The van der Waals surface area contributed by atoms with Crippen molar-refractivity contribution < 1.29 is 4.74 Å². The highest BCUT2D eigenvalue weighted by molar-refractivity contribution is 5.76. The Balaban J connectivity index is 2.24. The lowest BCUT2D eigenvalue weighted by molar-refractivity contribution is 0.416. The summed E-state index contributed by atoms with van der Waals surface area (Å²) in [5.41, 5.74) is 11.7. The second-order valence-corrected chi connectivity index (χ2v) is 4.73. The largest absolute Gasteiger partial charge is 0.495 e. The molecule has 1 aromatic heterocycles. The van der Waals surface area contributed by atoms with Gasteiger partial charge in [-0.1, -0.05) is 0 Å². The number of hydrogen-bond acceptors (Lipinski definition) is 3. The Morgan fingerprint density at radius 3 is 2.89 bits per heavy atom. The molecule has 1 aromatic carbocycles. The first-order chi connectivity index (χ1) is 8.70. The Morgan fingerprint density at radius 1 is 1.28 bits per heavy atom. The van der Waals surface area contributed by atoms with Crippen molar-refractivity contribution >= 4 is 5.69 Å². The summed E-state index contributed by atoms with van der Waals surface area (Å²) in [4.78, 5) is 0. The molecule has 1 heterocycles. The van der Waals surface area contributed by atoms with Gasteiger partial charge in [-0.15, -0.1) is 0 Å². The maximum atomic E-state index is 6.02. The maximum Gasteiger partial charge on any atom is 0.142 e. The molecule has 4 nitrogen and oxygen atoms in total. The van der Waals surface area contributed by atoms with Gasteiger partial charge in [-0.05, 0) is 42.5 Å². The Hall–Kier alpha value is -1.97. The highest BCUT2D eigenvalue weighted by atomic mass is 16.5. The van der Waals surface area contributed by atoms with Gasteiger partial charge in [-0.3, -0.25) is 4.68 Å². The molecule has 2 aromatic rings. The fourth-order valence-electron chi connectivity index (χ4n) is 2.70. The summed E-state index contributed by atoms with van der Waals surface area (Å²) in [5.74, 6) is 0.765. The van der Waals surface area contributed by atoms with Gasteiger partial charge in [-0.25, -0.2) is 0 Å². The number of aryl methyl sites for hydroxylation is 2. The van der Waals surface area contributed by atoms with Crippen molar-refractivity contribution in [2.24, 2.45) is 7.05 Å². The number of aromatic nitrogens is 2. The summed E-state index contributed by atoms with van der Waals surface area (Å²) in [5, 5.41) is 4.36. The summed E-state index contributed by atoms with van der Waals surface area (Å²) in [6.07, 6.45) is 5.18. The Bertz CT molecular complexity index is 601. The summed E-state index contributed by atoms with van der Waals surface area (Å²) in [6.45, 7) is 0. The van der Waals surface area contributed by atoms with E-state index < -0.39 is 0 Å². The lowest BCUT2D eigenvalue weighted by Crippen LogP contribution is -1.98. The van der Waals surface area contributed by atoms with E-state index in [9.17, 15) is 0 Å². The first kappa shape index (κ1) is 11.1. The summed E-state index contributed by atoms with van der Waals surface area (Å²) < 4.78 is 7.26. The van der Waals surface area contributed by atoms with E-state index in [1.165, 1.54) is 22.4 Å². The molecule has 0 saturated carbocycles. The molecule has 0 amide bonds. The molecule has 0 radical (unpaired) electrons. The molecule has 0 aliphatic heterocycles. The highest BCUT2D eigenvalue weighted by Gasteiger charge is 2.19. The van der Waals surface area contributed by atoms with Crippen molar-refractivity contribution in [2.45, 2.75) is 19.3 Å². The van der Waals surface area contributed by atoms with E-state index in [-0.39, 0.29) is 0 Å². The number of methoxy groups -OCH3 is 1. The van der Waals surface area contributed by atoms with Crippen molar-refractivity contribution in [1.82, 2.24) is 9.78 Å². The highest BCUT2D eigenvalue weighted by Crippen LogP contribution is 2.37. The van der Waals surface area contributed by atoms with Crippen LogP contribution in [0.25, 0.3) is 11.1 Å². The van der Waals surface area contributed by atoms with Crippen molar-refractivity contribution in [3.8, 4) is 16.9 Å². The lowest BCUT2D eigenvalue weighted by atomic mass is 9.99. The SMILES string of the molecule is COc1cc2c(cc1N)-c1cnn(C)c1CCC2. The monoisotopic (exact) mass is 243 g/mol. The van der Waals surface area contributed by atoms with Gasteiger partial charge in [-0.2, -0.15) is 5.10 Å². The molecule has 18 heavy (non-hydrogen) atoms. The van der Waals surface area contributed by atoms with Crippen LogP contribution >= 0.6 is 0 Å². The summed E-state index contributed by atoms with van der Waals surface area (Å²) >= 11 is 0. The third kappa shape index (κ3) is 1.56. The van der Waals surface area contributed by atoms with Gasteiger partial charge in [0.15, 0.2) is 0 Å². The zero-order valence-electron chi connectivity index (χ0n) is 10.7. The second kappa shape index (κ2) is 4.05. The normalized spacial score (nSPS) is 13.7. The van der Waals surface area contributed by atoms with Crippen molar-refractivity contribution in [3.63, 3.8) is 0 Å². The second-order valence-electron chi connectivity index (χ2n) is 4.73. The molecule has 0 unspecified atom stereocenters. The van der Waals surface area contributed by atoms with Crippen LogP contribution in [0, 0.1) is 0 Å². The van der Waals surface area contributed by atoms with Crippen molar-refractivity contribution in [1.29, 1.82) is 0 Å². The maximum absolute atomic E-state index is 6.02. The van der Waals surface area contributed by atoms with Crippen LogP contribution in [0.2, 0.25) is 0 Å². The Labute approximate surface area is 106 Å². The molecule has 0 saturated heterocycles. The van der Waals surface area contributed by atoms with Gasteiger partial charge in [0.2, 0.25) is 0 Å². The van der Waals surface area contributed by atoms with Crippen LogP contribution in [-0.2, 0) is 19.9 Å². The third-order valence-corrected chi connectivity index (χ3v) is 3.67. The topological polar surface area (TPSA) is 53.1 Å². The van der Waals surface area contributed by atoms with Gasteiger partial charge < -0.3 is 10.5 Å². The van der Waals surface area contributed by atoms with Crippen LogP contribution in [0.1, 0.15) is 17.7 Å². The van der Waals surface area contributed by atoms with Crippen molar-refractivity contribution in [2.75, 3.05) is 12.8 Å². The predicted octanol–water partition coefficient (Wildman–Crippen LogP) is 2.17. The molecular weight excluding hydrogens is 226 g/mol. The molecule has 0 fully saturated rings. The number of nitrogen functional groups attached to an aromatic ring is 1. The van der Waals surface area contributed by atoms with Gasteiger partial charge in [0.25, 0.3) is 0 Å². The van der Waals surface area contributed by atoms with Crippen LogP contribution in [-0.4, -0.2) is 16.9 Å². The van der Waals surface area contributed by atoms with E-state index >= 15 is 0 Å². The average molecular weight is 243 g/mol. The molecule has 94 valence electrons. The molecule has 3 rings (SSSR count). The lowest BCUT2D eigenvalue weighted by Gasteiger charge is -2.11. The zero-order valence-corrected chi connectivity index (χ0v) is 10.7. The smallest absolute Gasteiger partial charge is 0.142 e. The molecule has 0 spiro atoms. The number of nitrogens with two attached hydrogens (primary N) is 1. The molecule has 1 aliphatic rings. The Kier molecular flexibility index (Phi) is 2.51. The van der Waals surface area contributed by atoms with Crippen LogP contribution in [0.3, 0.4) is 0 Å². The van der Waals surface area contributed by atoms with Crippen LogP contribution < -0.4 is 10.5 Å². The first-order valence-corrected chi connectivity index (χ1v) is 6.18. The molecule has 0 atom stereocenters. The number of nitrogens with zero attached hydrogens (tertiary/aromatic N) is 2. The quantitative estimate of drug-likeness (QED) is 0.781. The number of anilines is 1. The molecule has 4 heteroatoms. The minimum absolute atomic E-state index is 0.688.